The van der Waals surface area contributed by atoms with Crippen molar-refractivity contribution in [1.82, 2.24) is 5.43 Å². The van der Waals surface area contributed by atoms with Crippen LogP contribution in [0.4, 0.5) is 0 Å². The van der Waals surface area contributed by atoms with Gasteiger partial charge in [0.1, 0.15) is 5.75 Å². The molecule has 0 amide bonds. The second-order valence-corrected chi connectivity index (χ2v) is 5.94. The first kappa shape index (κ1) is 15.9. The number of ether oxygens (including phenoxy) is 1. The first-order chi connectivity index (χ1) is 10.3. The monoisotopic (exact) mass is 302 g/mol. The zero-order valence-corrected chi connectivity index (χ0v) is 13.3. The molecule has 0 aliphatic heterocycles. The molecule has 2 aromatic carbocycles. The molecule has 0 saturated carbocycles. The molecular formula is C17H22N2OS. The first-order valence-electron chi connectivity index (χ1n) is 7.20. The van der Waals surface area contributed by atoms with Crippen LogP contribution in [0.15, 0.2) is 53.4 Å². The molecule has 4 heteroatoms. The lowest BCUT2D eigenvalue weighted by Gasteiger charge is -2.18. The minimum Gasteiger partial charge on any atom is -0.494 e. The van der Waals surface area contributed by atoms with Crippen molar-refractivity contribution in [3.8, 4) is 5.75 Å². The number of benzene rings is 2. The highest BCUT2D eigenvalue weighted by molar-refractivity contribution is 7.99. The van der Waals surface area contributed by atoms with Crippen LogP contribution >= 0.6 is 11.8 Å². The number of hydrogen-bond donors (Lipinski definition) is 2. The van der Waals surface area contributed by atoms with Crippen LogP contribution in [0.3, 0.4) is 0 Å². The Balaban J connectivity index is 2.24. The highest BCUT2D eigenvalue weighted by Crippen LogP contribution is 2.26. The Bertz CT molecular complexity index is 557. The molecule has 1 unspecified atom stereocenters. The van der Waals surface area contributed by atoms with Crippen molar-refractivity contribution in [3.05, 3.63) is 59.7 Å². The molecule has 0 aliphatic carbocycles. The second-order valence-electron chi connectivity index (χ2n) is 4.61. The first-order valence-corrected chi connectivity index (χ1v) is 8.18. The Morgan fingerprint density at radius 3 is 2.48 bits per heavy atom. The molecule has 0 bridgehead atoms. The molecule has 0 radical (unpaired) electrons. The summed E-state index contributed by atoms with van der Waals surface area (Å²) in [7, 11) is 0. The summed E-state index contributed by atoms with van der Waals surface area (Å²) in [5, 5.41) is 0. The molecule has 0 heterocycles. The summed E-state index contributed by atoms with van der Waals surface area (Å²) in [5.74, 6) is 7.71. The van der Waals surface area contributed by atoms with Gasteiger partial charge in [-0.05, 0) is 48.1 Å². The topological polar surface area (TPSA) is 47.3 Å². The highest BCUT2D eigenvalue weighted by atomic mass is 32.2. The maximum Gasteiger partial charge on any atom is 0.119 e. The lowest BCUT2D eigenvalue weighted by atomic mass is 9.99. The van der Waals surface area contributed by atoms with Gasteiger partial charge in [0, 0.05) is 4.90 Å². The van der Waals surface area contributed by atoms with Gasteiger partial charge in [0.05, 0.1) is 12.6 Å². The normalized spacial score (nSPS) is 12.1. The van der Waals surface area contributed by atoms with E-state index in [0.717, 1.165) is 22.6 Å². The molecule has 0 fully saturated rings. The molecule has 3 N–H and O–H groups in total. The van der Waals surface area contributed by atoms with E-state index in [4.69, 9.17) is 10.6 Å². The third-order valence-corrected chi connectivity index (χ3v) is 4.09. The lowest BCUT2D eigenvalue weighted by Crippen LogP contribution is -2.28. The lowest BCUT2D eigenvalue weighted by molar-refractivity contribution is 0.339. The highest BCUT2D eigenvalue weighted by Gasteiger charge is 2.13. The summed E-state index contributed by atoms with van der Waals surface area (Å²) in [6, 6.07) is 16.5. The van der Waals surface area contributed by atoms with E-state index in [0.29, 0.717) is 6.61 Å². The number of thioether (sulfide) groups is 1. The summed E-state index contributed by atoms with van der Waals surface area (Å²) in [6.07, 6.45) is 0. The van der Waals surface area contributed by atoms with E-state index in [1.165, 1.54) is 4.90 Å². The number of nitrogens with two attached hydrogens (primary N) is 1. The van der Waals surface area contributed by atoms with E-state index < -0.39 is 0 Å². The minimum atomic E-state index is -0.0360. The maximum atomic E-state index is 5.76. The van der Waals surface area contributed by atoms with Crippen LogP contribution in [0.2, 0.25) is 0 Å². The van der Waals surface area contributed by atoms with Gasteiger partial charge in [-0.3, -0.25) is 5.84 Å². The van der Waals surface area contributed by atoms with Gasteiger partial charge >= 0.3 is 0 Å². The standard InChI is InChI=1S/C17H22N2OS/c1-3-20-15-7-5-6-14(12-15)17(19-18)13-8-10-16(11-9-13)21-4-2/h5-12,17,19H,3-4,18H2,1-2H3. The average molecular weight is 302 g/mol. The van der Waals surface area contributed by atoms with Gasteiger partial charge in [0.15, 0.2) is 0 Å². The molecule has 2 rings (SSSR count). The number of hydrazine groups is 1. The SMILES string of the molecule is CCOc1cccc(C(NN)c2ccc(SCC)cc2)c1. The van der Waals surface area contributed by atoms with E-state index in [1.54, 1.807) is 0 Å². The van der Waals surface area contributed by atoms with Crippen molar-refractivity contribution in [2.45, 2.75) is 24.8 Å². The molecule has 3 nitrogen and oxygen atoms in total. The molecule has 0 aliphatic rings. The van der Waals surface area contributed by atoms with Crippen molar-refractivity contribution in [3.63, 3.8) is 0 Å². The van der Waals surface area contributed by atoms with E-state index in [9.17, 15) is 0 Å². The molecule has 2 aromatic rings. The van der Waals surface area contributed by atoms with Crippen LogP contribution in [0.5, 0.6) is 5.75 Å². The average Bonchev–Trinajstić information content (AvgIpc) is 2.51. The van der Waals surface area contributed by atoms with Crippen molar-refractivity contribution < 1.29 is 4.74 Å². The van der Waals surface area contributed by atoms with Gasteiger partial charge < -0.3 is 4.74 Å². The predicted molar refractivity (Wildman–Crippen MR) is 89.6 cm³/mol. The quantitative estimate of drug-likeness (QED) is 0.464. The molecule has 21 heavy (non-hydrogen) atoms. The number of hydrogen-bond acceptors (Lipinski definition) is 4. The Hall–Kier alpha value is -1.49. The Morgan fingerprint density at radius 2 is 1.86 bits per heavy atom. The summed E-state index contributed by atoms with van der Waals surface area (Å²) in [6.45, 7) is 4.80. The molecular weight excluding hydrogens is 280 g/mol. The van der Waals surface area contributed by atoms with Gasteiger partial charge in [0.2, 0.25) is 0 Å². The van der Waals surface area contributed by atoms with Crippen molar-refractivity contribution in [1.29, 1.82) is 0 Å². The fourth-order valence-corrected chi connectivity index (χ4v) is 2.92. The van der Waals surface area contributed by atoms with Gasteiger partial charge in [-0.1, -0.05) is 31.2 Å². The molecule has 0 spiro atoms. The number of rotatable bonds is 7. The van der Waals surface area contributed by atoms with Crippen molar-refractivity contribution in [2.24, 2.45) is 5.84 Å². The molecule has 0 aromatic heterocycles. The van der Waals surface area contributed by atoms with Crippen molar-refractivity contribution >= 4 is 11.8 Å². The van der Waals surface area contributed by atoms with E-state index in [2.05, 4.69) is 42.7 Å². The van der Waals surface area contributed by atoms with Gasteiger partial charge in [0.25, 0.3) is 0 Å². The Labute approximate surface area is 130 Å². The second kappa shape index (κ2) is 8.08. The fraction of sp³-hybridized carbons (Fsp3) is 0.294. The summed E-state index contributed by atoms with van der Waals surface area (Å²) >= 11 is 1.84. The van der Waals surface area contributed by atoms with Crippen LogP contribution in [-0.4, -0.2) is 12.4 Å². The van der Waals surface area contributed by atoms with E-state index in [1.807, 2.05) is 36.9 Å². The zero-order chi connectivity index (χ0) is 15.1. The minimum absolute atomic E-state index is 0.0360. The molecule has 1 atom stereocenters. The van der Waals surface area contributed by atoms with E-state index >= 15 is 0 Å². The third kappa shape index (κ3) is 4.24. The zero-order valence-electron chi connectivity index (χ0n) is 12.5. The van der Waals surface area contributed by atoms with Crippen molar-refractivity contribution in [2.75, 3.05) is 12.4 Å². The molecule has 112 valence electrons. The maximum absolute atomic E-state index is 5.76. The number of nitrogens with one attached hydrogen (secondary N) is 1. The Kier molecular flexibility index (Phi) is 6.11. The largest absolute Gasteiger partial charge is 0.494 e. The van der Waals surface area contributed by atoms with E-state index in [-0.39, 0.29) is 6.04 Å². The summed E-state index contributed by atoms with van der Waals surface area (Å²) in [4.78, 5) is 1.28. The van der Waals surface area contributed by atoms with Gasteiger partial charge in [-0.15, -0.1) is 11.8 Å². The Morgan fingerprint density at radius 1 is 1.10 bits per heavy atom. The van der Waals surface area contributed by atoms with Crippen LogP contribution in [0.25, 0.3) is 0 Å². The van der Waals surface area contributed by atoms with Crippen LogP contribution in [0.1, 0.15) is 31.0 Å². The smallest absolute Gasteiger partial charge is 0.119 e. The van der Waals surface area contributed by atoms with Crippen LogP contribution in [-0.2, 0) is 0 Å². The predicted octanol–water partition coefficient (Wildman–Crippen LogP) is 3.75. The van der Waals surface area contributed by atoms with Gasteiger partial charge in [-0.2, -0.15) is 0 Å². The van der Waals surface area contributed by atoms with Gasteiger partial charge in [-0.25, -0.2) is 5.43 Å². The van der Waals surface area contributed by atoms with Crippen LogP contribution in [0, 0.1) is 0 Å². The fourth-order valence-electron chi connectivity index (χ4n) is 2.26. The molecule has 0 saturated heterocycles. The third-order valence-electron chi connectivity index (χ3n) is 3.19. The summed E-state index contributed by atoms with van der Waals surface area (Å²) < 4.78 is 5.56. The summed E-state index contributed by atoms with van der Waals surface area (Å²) in [5.41, 5.74) is 5.13. The van der Waals surface area contributed by atoms with Crippen LogP contribution < -0.4 is 16.0 Å².